The summed E-state index contributed by atoms with van der Waals surface area (Å²) in [5, 5.41) is 12.1. The number of rotatable bonds is 4. The Hall–Kier alpha value is -1.93. The van der Waals surface area contributed by atoms with E-state index in [1.807, 2.05) is 32.0 Å². The summed E-state index contributed by atoms with van der Waals surface area (Å²) in [6.07, 6.45) is 0.794. The molecule has 0 bridgehead atoms. The molecule has 18 heavy (non-hydrogen) atoms. The molecule has 92 valence electrons. The van der Waals surface area contributed by atoms with Gasteiger partial charge in [-0.15, -0.1) is 11.3 Å². The Kier molecular flexibility index (Phi) is 3.90. The zero-order valence-electron chi connectivity index (χ0n) is 10.4. The van der Waals surface area contributed by atoms with Crippen LogP contribution < -0.4 is 5.32 Å². The number of anilines is 1. The minimum atomic E-state index is 0.701. The largest absolute Gasteiger partial charge is 0.370 e. The third-order valence-electron chi connectivity index (χ3n) is 2.42. The lowest BCUT2D eigenvalue weighted by atomic mass is 10.3. The Morgan fingerprint density at radius 2 is 2.17 bits per heavy atom. The molecule has 0 amide bonds. The molecule has 0 atom stereocenters. The van der Waals surface area contributed by atoms with E-state index >= 15 is 0 Å². The molecule has 0 aliphatic heterocycles. The summed E-state index contributed by atoms with van der Waals surface area (Å²) in [6, 6.07) is 7.82. The average molecular weight is 258 g/mol. The molecular formula is C13H14N4S. The van der Waals surface area contributed by atoms with Crippen molar-refractivity contribution in [3.63, 3.8) is 0 Å². The first-order valence-corrected chi connectivity index (χ1v) is 6.70. The Balaban J connectivity index is 2.43. The van der Waals surface area contributed by atoms with Crippen LogP contribution >= 0.6 is 11.3 Å². The van der Waals surface area contributed by atoms with Crippen molar-refractivity contribution in [3.8, 4) is 16.6 Å². The number of nitrogens with one attached hydrogen (secondary N) is 1. The molecule has 0 aromatic carbocycles. The summed E-state index contributed by atoms with van der Waals surface area (Å²) in [5.74, 6) is 1.65. The quantitative estimate of drug-likeness (QED) is 0.915. The number of aryl methyl sites for hydroxylation is 1. The second kappa shape index (κ2) is 5.61. The Bertz CT molecular complexity index is 583. The molecule has 0 saturated heterocycles. The zero-order valence-corrected chi connectivity index (χ0v) is 11.2. The standard InChI is InChI=1S/C13H14N4S/c1-3-12-16-10(7-13(17-12)15-4-2)11-6-5-9(8-14)18-11/h5-7H,3-4H2,1-2H3,(H,15,16,17). The van der Waals surface area contributed by atoms with Gasteiger partial charge >= 0.3 is 0 Å². The molecule has 2 heterocycles. The summed E-state index contributed by atoms with van der Waals surface area (Å²) in [5.41, 5.74) is 0.879. The van der Waals surface area contributed by atoms with Gasteiger partial charge in [-0.25, -0.2) is 9.97 Å². The van der Waals surface area contributed by atoms with E-state index < -0.39 is 0 Å². The first-order valence-electron chi connectivity index (χ1n) is 5.89. The van der Waals surface area contributed by atoms with Gasteiger partial charge in [-0.3, -0.25) is 0 Å². The van der Waals surface area contributed by atoms with E-state index in [4.69, 9.17) is 5.26 Å². The van der Waals surface area contributed by atoms with Crippen LogP contribution in [0.15, 0.2) is 18.2 Å². The summed E-state index contributed by atoms with van der Waals surface area (Å²) in [7, 11) is 0. The second-order valence-electron chi connectivity index (χ2n) is 3.71. The fraction of sp³-hybridized carbons (Fsp3) is 0.308. The molecule has 0 aliphatic rings. The van der Waals surface area contributed by atoms with E-state index in [1.165, 1.54) is 11.3 Å². The predicted octanol–water partition coefficient (Wildman–Crippen LogP) is 3.07. The molecule has 0 spiro atoms. The molecule has 5 heteroatoms. The molecule has 4 nitrogen and oxygen atoms in total. The minimum Gasteiger partial charge on any atom is -0.370 e. The van der Waals surface area contributed by atoms with Gasteiger partial charge in [-0.2, -0.15) is 5.26 Å². The minimum absolute atomic E-state index is 0.701. The number of nitriles is 1. The van der Waals surface area contributed by atoms with Gasteiger partial charge in [0, 0.05) is 19.0 Å². The maximum Gasteiger partial charge on any atom is 0.131 e. The molecule has 2 aromatic rings. The van der Waals surface area contributed by atoms with Crippen molar-refractivity contribution >= 4 is 17.2 Å². The Morgan fingerprint density at radius 3 is 2.78 bits per heavy atom. The normalized spacial score (nSPS) is 10.1. The molecule has 0 unspecified atom stereocenters. The first kappa shape index (κ1) is 12.5. The monoisotopic (exact) mass is 258 g/mol. The van der Waals surface area contributed by atoms with E-state index in [9.17, 15) is 0 Å². The van der Waals surface area contributed by atoms with Crippen LogP contribution in [0.25, 0.3) is 10.6 Å². The van der Waals surface area contributed by atoms with Gasteiger partial charge in [-0.05, 0) is 19.1 Å². The maximum atomic E-state index is 8.85. The van der Waals surface area contributed by atoms with Crippen LogP contribution in [-0.4, -0.2) is 16.5 Å². The molecule has 0 fully saturated rings. The highest BCUT2D eigenvalue weighted by molar-refractivity contribution is 7.15. The number of nitrogens with zero attached hydrogens (tertiary/aromatic N) is 3. The summed E-state index contributed by atoms with van der Waals surface area (Å²) in [6.45, 7) is 4.89. The number of hydrogen-bond donors (Lipinski definition) is 1. The summed E-state index contributed by atoms with van der Waals surface area (Å²) >= 11 is 1.45. The SMILES string of the molecule is CCNc1cc(-c2ccc(C#N)s2)nc(CC)n1. The highest BCUT2D eigenvalue weighted by Gasteiger charge is 2.08. The lowest BCUT2D eigenvalue weighted by Crippen LogP contribution is -2.03. The van der Waals surface area contributed by atoms with Gasteiger partial charge in [0.2, 0.25) is 0 Å². The van der Waals surface area contributed by atoms with Crippen LogP contribution in [0.5, 0.6) is 0 Å². The zero-order chi connectivity index (χ0) is 13.0. The topological polar surface area (TPSA) is 61.6 Å². The van der Waals surface area contributed by atoms with Crippen molar-refractivity contribution in [2.24, 2.45) is 0 Å². The maximum absolute atomic E-state index is 8.85. The van der Waals surface area contributed by atoms with E-state index in [1.54, 1.807) is 0 Å². The van der Waals surface area contributed by atoms with E-state index in [-0.39, 0.29) is 0 Å². The van der Waals surface area contributed by atoms with Crippen LogP contribution in [0.3, 0.4) is 0 Å². The van der Waals surface area contributed by atoms with E-state index in [2.05, 4.69) is 21.4 Å². The number of aromatic nitrogens is 2. The Labute approximate surface area is 110 Å². The van der Waals surface area contributed by atoms with Gasteiger partial charge in [-0.1, -0.05) is 6.92 Å². The van der Waals surface area contributed by atoms with Crippen molar-refractivity contribution in [2.75, 3.05) is 11.9 Å². The molecule has 0 aliphatic carbocycles. The van der Waals surface area contributed by atoms with Gasteiger partial charge < -0.3 is 5.32 Å². The fourth-order valence-corrected chi connectivity index (χ4v) is 2.35. The molecule has 2 aromatic heterocycles. The highest BCUT2D eigenvalue weighted by Crippen LogP contribution is 2.27. The highest BCUT2D eigenvalue weighted by atomic mass is 32.1. The third-order valence-corrected chi connectivity index (χ3v) is 3.43. The first-order chi connectivity index (χ1) is 8.76. The van der Waals surface area contributed by atoms with Crippen LogP contribution in [0.1, 0.15) is 24.5 Å². The summed E-state index contributed by atoms with van der Waals surface area (Å²) < 4.78 is 0. The average Bonchev–Trinajstić information content (AvgIpc) is 2.87. The Morgan fingerprint density at radius 1 is 1.33 bits per heavy atom. The van der Waals surface area contributed by atoms with Crippen molar-refractivity contribution in [2.45, 2.75) is 20.3 Å². The summed E-state index contributed by atoms with van der Waals surface area (Å²) in [4.78, 5) is 10.6. The van der Waals surface area contributed by atoms with Crippen molar-refractivity contribution in [1.29, 1.82) is 5.26 Å². The van der Waals surface area contributed by atoms with Gasteiger partial charge in [0.05, 0.1) is 10.6 Å². The van der Waals surface area contributed by atoms with Gasteiger partial charge in [0.15, 0.2) is 0 Å². The number of thiophene rings is 1. The predicted molar refractivity (Wildman–Crippen MR) is 73.6 cm³/mol. The lowest BCUT2D eigenvalue weighted by molar-refractivity contribution is 0.940. The van der Waals surface area contributed by atoms with Gasteiger partial charge in [0.25, 0.3) is 0 Å². The van der Waals surface area contributed by atoms with Crippen molar-refractivity contribution in [1.82, 2.24) is 9.97 Å². The van der Waals surface area contributed by atoms with Crippen molar-refractivity contribution < 1.29 is 0 Å². The smallest absolute Gasteiger partial charge is 0.131 e. The van der Waals surface area contributed by atoms with E-state index in [0.29, 0.717) is 4.88 Å². The van der Waals surface area contributed by atoms with Crippen LogP contribution in [0, 0.1) is 11.3 Å². The van der Waals surface area contributed by atoms with Gasteiger partial charge in [0.1, 0.15) is 22.6 Å². The number of hydrogen-bond acceptors (Lipinski definition) is 5. The molecular weight excluding hydrogens is 244 g/mol. The molecule has 1 N–H and O–H groups in total. The third kappa shape index (κ3) is 2.66. The van der Waals surface area contributed by atoms with E-state index in [0.717, 1.165) is 35.2 Å². The molecule has 0 radical (unpaired) electrons. The lowest BCUT2D eigenvalue weighted by Gasteiger charge is -2.06. The van der Waals surface area contributed by atoms with Crippen LogP contribution in [-0.2, 0) is 6.42 Å². The van der Waals surface area contributed by atoms with Crippen LogP contribution in [0.4, 0.5) is 5.82 Å². The second-order valence-corrected chi connectivity index (χ2v) is 4.80. The molecule has 0 saturated carbocycles. The molecule has 2 rings (SSSR count). The van der Waals surface area contributed by atoms with Crippen molar-refractivity contribution in [3.05, 3.63) is 28.9 Å². The van der Waals surface area contributed by atoms with Crippen LogP contribution in [0.2, 0.25) is 0 Å². The fourth-order valence-electron chi connectivity index (χ4n) is 1.59.